The molecule has 6 heteroatoms. The second-order valence-corrected chi connectivity index (χ2v) is 6.46. The first kappa shape index (κ1) is 21.2. The number of hydrogen-bond donors (Lipinski definition) is 1. The van der Waals surface area contributed by atoms with Gasteiger partial charge in [-0.05, 0) is 6.42 Å². The van der Waals surface area contributed by atoms with Crippen LogP contribution in [-0.4, -0.2) is 47.5 Å². The molecule has 0 unspecified atom stereocenters. The summed E-state index contributed by atoms with van der Waals surface area (Å²) in [6.07, 6.45) is 9.17. The van der Waals surface area contributed by atoms with Gasteiger partial charge in [-0.3, -0.25) is 4.55 Å². The SMILES string of the molecule is CCCCCCCCOS(=O)(=O)O.CCC[CH2][Na]. The molecule has 0 fully saturated rings. The number of unbranched alkanes of at least 4 members (excludes halogenated alkanes) is 6. The summed E-state index contributed by atoms with van der Waals surface area (Å²) in [6.45, 7) is 4.46. The zero-order valence-electron chi connectivity index (χ0n) is 12.2. The molecule has 0 heterocycles. The molecule has 0 amide bonds. The average Bonchev–Trinajstić information content (AvgIpc) is 2.28. The molecule has 0 saturated heterocycles. The fourth-order valence-electron chi connectivity index (χ4n) is 1.40. The van der Waals surface area contributed by atoms with E-state index >= 15 is 0 Å². The second-order valence-electron chi connectivity index (χ2n) is 4.37. The van der Waals surface area contributed by atoms with Crippen molar-refractivity contribution < 1.29 is 17.2 Å². The van der Waals surface area contributed by atoms with Crippen LogP contribution in [0.4, 0.5) is 0 Å². The molecule has 0 aliphatic heterocycles. The van der Waals surface area contributed by atoms with E-state index in [1.807, 2.05) is 0 Å². The Balaban J connectivity index is 0. The van der Waals surface area contributed by atoms with Crippen LogP contribution in [0.25, 0.3) is 0 Å². The van der Waals surface area contributed by atoms with Gasteiger partial charge in [-0.25, -0.2) is 4.18 Å². The van der Waals surface area contributed by atoms with Crippen LogP contribution >= 0.6 is 0 Å². The standard InChI is InChI=1S/C8H18O4S.C4H9.Na/c1-2-3-4-5-6-7-8-12-13(9,10)11;1-3-4-2;/h2-8H2,1H3,(H,9,10,11);1,3-4H2,2H3;. The Morgan fingerprint density at radius 2 is 1.44 bits per heavy atom. The van der Waals surface area contributed by atoms with Crippen LogP contribution in [0.15, 0.2) is 0 Å². The molecule has 0 aliphatic carbocycles. The first-order valence-electron chi connectivity index (χ1n) is 7.09. The third kappa shape index (κ3) is 25.7. The fourth-order valence-corrected chi connectivity index (χ4v) is 2.44. The quantitative estimate of drug-likeness (QED) is 0.380. The molecule has 0 radical (unpaired) electrons. The van der Waals surface area contributed by atoms with E-state index in [0.29, 0.717) is 6.42 Å². The Morgan fingerprint density at radius 3 is 1.83 bits per heavy atom. The van der Waals surface area contributed by atoms with Gasteiger partial charge in [0.2, 0.25) is 0 Å². The maximum atomic E-state index is 10.1. The van der Waals surface area contributed by atoms with E-state index in [9.17, 15) is 8.42 Å². The van der Waals surface area contributed by atoms with Crippen molar-refractivity contribution in [2.45, 2.75) is 68.9 Å². The van der Waals surface area contributed by atoms with E-state index in [2.05, 4.69) is 18.0 Å². The van der Waals surface area contributed by atoms with Crippen LogP contribution in [0.1, 0.15) is 65.2 Å². The van der Waals surface area contributed by atoms with E-state index in [1.165, 1.54) is 63.7 Å². The Kier molecular flexibility index (Phi) is 18.7. The Bertz CT molecular complexity index is 240. The van der Waals surface area contributed by atoms with Crippen LogP contribution in [0, 0.1) is 0 Å². The van der Waals surface area contributed by atoms with E-state index < -0.39 is 10.4 Å². The monoisotopic (exact) mass is 290 g/mol. The predicted molar refractivity (Wildman–Crippen MR) is 76.3 cm³/mol. The van der Waals surface area contributed by atoms with Gasteiger partial charge < -0.3 is 0 Å². The summed E-state index contributed by atoms with van der Waals surface area (Å²) in [7, 11) is -4.22. The van der Waals surface area contributed by atoms with E-state index in [-0.39, 0.29) is 6.61 Å². The van der Waals surface area contributed by atoms with Crippen LogP contribution in [0.3, 0.4) is 0 Å². The molecular formula is C12H27NaO4S. The predicted octanol–water partition coefficient (Wildman–Crippen LogP) is 3.54. The number of hydrogen-bond acceptors (Lipinski definition) is 3. The fraction of sp³-hybridized carbons (Fsp3) is 1.00. The van der Waals surface area contributed by atoms with Gasteiger partial charge in [-0.1, -0.05) is 39.0 Å². The van der Waals surface area contributed by atoms with Crippen molar-refractivity contribution >= 4 is 38.3 Å². The van der Waals surface area contributed by atoms with Crippen molar-refractivity contribution in [3.8, 4) is 0 Å². The molecule has 0 aromatic carbocycles. The first-order chi connectivity index (χ1) is 8.47. The summed E-state index contributed by atoms with van der Waals surface area (Å²) in [4.78, 5) is 0. The van der Waals surface area contributed by atoms with E-state index in [1.54, 1.807) is 0 Å². The van der Waals surface area contributed by atoms with Gasteiger partial charge in [0.15, 0.2) is 0 Å². The van der Waals surface area contributed by atoms with Crippen molar-refractivity contribution in [2.75, 3.05) is 6.61 Å². The van der Waals surface area contributed by atoms with Gasteiger partial charge in [0.25, 0.3) is 0 Å². The van der Waals surface area contributed by atoms with Crippen LogP contribution in [0.5, 0.6) is 0 Å². The molecule has 0 bridgehead atoms. The van der Waals surface area contributed by atoms with Gasteiger partial charge in [0, 0.05) is 0 Å². The van der Waals surface area contributed by atoms with Gasteiger partial charge in [-0.15, -0.1) is 0 Å². The zero-order valence-corrected chi connectivity index (χ0v) is 15.0. The van der Waals surface area contributed by atoms with Crippen molar-refractivity contribution in [2.24, 2.45) is 0 Å². The van der Waals surface area contributed by atoms with Crippen LogP contribution in [-0.2, 0) is 14.6 Å². The summed E-state index contributed by atoms with van der Waals surface area (Å²) >= 11 is 1.40. The Labute approximate surface area is 130 Å². The van der Waals surface area contributed by atoms with Crippen LogP contribution < -0.4 is 0 Å². The molecule has 0 saturated carbocycles. The molecule has 106 valence electrons. The maximum absolute atomic E-state index is 10.1. The average molecular weight is 290 g/mol. The van der Waals surface area contributed by atoms with Gasteiger partial charge >= 0.3 is 61.8 Å². The Hall–Kier alpha value is 0.870. The molecule has 0 aliphatic rings. The normalized spacial score (nSPS) is 10.9. The molecule has 18 heavy (non-hydrogen) atoms. The summed E-state index contributed by atoms with van der Waals surface area (Å²) in [5.41, 5.74) is 0. The molecular weight excluding hydrogens is 263 g/mol. The molecule has 1 N–H and O–H groups in total. The molecule has 0 rings (SSSR count). The summed E-state index contributed by atoms with van der Waals surface area (Å²) in [5, 5.41) is 0. The minimum atomic E-state index is -4.22. The zero-order chi connectivity index (χ0) is 14.3. The second kappa shape index (κ2) is 15.9. The van der Waals surface area contributed by atoms with Gasteiger partial charge in [0.05, 0.1) is 6.61 Å². The summed E-state index contributed by atoms with van der Waals surface area (Å²) < 4.78 is 34.1. The summed E-state index contributed by atoms with van der Waals surface area (Å²) in [5.74, 6) is 0. The third-order valence-corrected chi connectivity index (χ3v) is 3.61. The first-order valence-corrected chi connectivity index (χ1v) is 9.87. The Morgan fingerprint density at radius 1 is 0.944 bits per heavy atom. The van der Waals surface area contributed by atoms with Gasteiger partial charge in [0.1, 0.15) is 0 Å². The summed E-state index contributed by atoms with van der Waals surface area (Å²) in [6, 6.07) is 0. The van der Waals surface area contributed by atoms with Crippen molar-refractivity contribution in [3.05, 3.63) is 0 Å². The van der Waals surface area contributed by atoms with Crippen LogP contribution in [0.2, 0.25) is 3.67 Å². The molecule has 4 nitrogen and oxygen atoms in total. The van der Waals surface area contributed by atoms with E-state index in [0.717, 1.165) is 12.8 Å². The third-order valence-electron chi connectivity index (χ3n) is 2.44. The van der Waals surface area contributed by atoms with Crippen molar-refractivity contribution in [3.63, 3.8) is 0 Å². The number of rotatable bonds is 10. The van der Waals surface area contributed by atoms with E-state index in [4.69, 9.17) is 4.55 Å². The molecule has 0 spiro atoms. The minimum absolute atomic E-state index is 0.0883. The van der Waals surface area contributed by atoms with Crippen molar-refractivity contribution in [1.29, 1.82) is 0 Å². The van der Waals surface area contributed by atoms with Gasteiger partial charge in [-0.2, -0.15) is 8.42 Å². The molecule has 0 aromatic heterocycles. The van der Waals surface area contributed by atoms with Crippen molar-refractivity contribution in [1.82, 2.24) is 0 Å². The topological polar surface area (TPSA) is 63.6 Å². The molecule has 0 atom stereocenters. The molecule has 0 aromatic rings.